The second kappa shape index (κ2) is 4.97. The number of thiazole rings is 1. The highest BCUT2D eigenvalue weighted by Crippen LogP contribution is 2.20. The number of nitrogens with one attached hydrogen (secondary N) is 1. The molecule has 3 rings (SSSR count). The number of hydrogen-bond acceptors (Lipinski definition) is 6. The van der Waals surface area contributed by atoms with Crippen molar-refractivity contribution in [1.29, 1.82) is 0 Å². The van der Waals surface area contributed by atoms with E-state index in [1.807, 2.05) is 29.6 Å². The van der Waals surface area contributed by atoms with E-state index in [0.717, 1.165) is 16.3 Å². The molecule has 0 unspecified atom stereocenters. The van der Waals surface area contributed by atoms with Crippen LogP contribution in [-0.2, 0) is 6.54 Å². The SMILES string of the molecule is c1cc(NCc2nccs2)cc(-c2nnco2)c1. The van der Waals surface area contributed by atoms with Gasteiger partial charge < -0.3 is 9.73 Å². The number of nitrogens with zero attached hydrogens (tertiary/aromatic N) is 3. The van der Waals surface area contributed by atoms with Crippen LogP contribution in [0.25, 0.3) is 11.5 Å². The van der Waals surface area contributed by atoms with Gasteiger partial charge in [0.2, 0.25) is 12.3 Å². The zero-order valence-electron chi connectivity index (χ0n) is 9.41. The fourth-order valence-corrected chi connectivity index (χ4v) is 2.13. The summed E-state index contributed by atoms with van der Waals surface area (Å²) in [5, 5.41) is 13.9. The Kier molecular flexibility index (Phi) is 3.01. The number of hydrogen-bond donors (Lipinski definition) is 1. The van der Waals surface area contributed by atoms with E-state index in [2.05, 4.69) is 20.5 Å². The van der Waals surface area contributed by atoms with Gasteiger partial charge in [0.05, 0.1) is 6.54 Å². The van der Waals surface area contributed by atoms with Gasteiger partial charge in [0, 0.05) is 22.8 Å². The Balaban J connectivity index is 1.75. The van der Waals surface area contributed by atoms with Crippen LogP contribution < -0.4 is 5.32 Å². The minimum absolute atomic E-state index is 0.521. The third kappa shape index (κ3) is 2.38. The Hall–Kier alpha value is -2.21. The van der Waals surface area contributed by atoms with Crippen molar-refractivity contribution >= 4 is 17.0 Å². The molecule has 0 aliphatic heterocycles. The standard InChI is InChI=1S/C12H10N4OS/c1-2-9(12-16-15-8-17-12)6-10(3-1)14-7-11-13-4-5-18-11/h1-6,8,14H,7H2. The molecule has 3 aromatic rings. The van der Waals surface area contributed by atoms with Crippen molar-refractivity contribution in [1.82, 2.24) is 15.2 Å². The number of aromatic nitrogens is 3. The van der Waals surface area contributed by atoms with Gasteiger partial charge in [-0.05, 0) is 18.2 Å². The van der Waals surface area contributed by atoms with E-state index in [1.165, 1.54) is 6.39 Å². The van der Waals surface area contributed by atoms with Gasteiger partial charge in [-0.25, -0.2) is 4.98 Å². The van der Waals surface area contributed by atoms with Gasteiger partial charge in [-0.2, -0.15) is 0 Å². The molecule has 2 aromatic heterocycles. The van der Waals surface area contributed by atoms with Crippen LogP contribution in [0, 0.1) is 0 Å². The molecule has 90 valence electrons. The molecule has 18 heavy (non-hydrogen) atoms. The van der Waals surface area contributed by atoms with Gasteiger partial charge in [0.25, 0.3) is 0 Å². The minimum Gasteiger partial charge on any atom is -0.423 e. The molecule has 0 aliphatic rings. The minimum atomic E-state index is 0.521. The summed E-state index contributed by atoms with van der Waals surface area (Å²) in [6, 6.07) is 7.85. The average molecular weight is 258 g/mol. The van der Waals surface area contributed by atoms with Gasteiger partial charge in [-0.15, -0.1) is 21.5 Å². The summed E-state index contributed by atoms with van der Waals surface area (Å²) in [6.07, 6.45) is 3.13. The molecular weight excluding hydrogens is 248 g/mol. The average Bonchev–Trinajstić information content (AvgIpc) is 3.10. The predicted molar refractivity (Wildman–Crippen MR) is 69.2 cm³/mol. The van der Waals surface area contributed by atoms with Crippen molar-refractivity contribution in [2.45, 2.75) is 6.54 Å². The quantitative estimate of drug-likeness (QED) is 0.779. The lowest BCUT2D eigenvalue weighted by Crippen LogP contribution is -1.98. The maximum absolute atomic E-state index is 5.16. The summed E-state index contributed by atoms with van der Waals surface area (Å²) in [5.41, 5.74) is 1.90. The van der Waals surface area contributed by atoms with Crippen molar-refractivity contribution in [3.8, 4) is 11.5 Å². The Bertz CT molecular complexity index is 607. The maximum atomic E-state index is 5.16. The third-order valence-electron chi connectivity index (χ3n) is 2.40. The van der Waals surface area contributed by atoms with E-state index < -0.39 is 0 Å². The van der Waals surface area contributed by atoms with Crippen molar-refractivity contribution < 1.29 is 4.42 Å². The number of anilines is 1. The molecular formula is C12H10N4OS. The fraction of sp³-hybridized carbons (Fsp3) is 0.0833. The normalized spacial score (nSPS) is 10.4. The van der Waals surface area contributed by atoms with Crippen molar-refractivity contribution in [3.63, 3.8) is 0 Å². The van der Waals surface area contributed by atoms with Gasteiger partial charge >= 0.3 is 0 Å². The summed E-state index contributed by atoms with van der Waals surface area (Å²) in [5.74, 6) is 0.521. The lowest BCUT2D eigenvalue weighted by Gasteiger charge is -2.05. The fourth-order valence-electron chi connectivity index (χ4n) is 1.58. The second-order valence-electron chi connectivity index (χ2n) is 3.60. The first-order chi connectivity index (χ1) is 8.92. The first-order valence-corrected chi connectivity index (χ1v) is 6.28. The van der Waals surface area contributed by atoms with Crippen LogP contribution in [0.5, 0.6) is 0 Å². The van der Waals surface area contributed by atoms with Crippen molar-refractivity contribution in [3.05, 3.63) is 47.2 Å². The van der Waals surface area contributed by atoms with Crippen LogP contribution in [0.3, 0.4) is 0 Å². The number of benzene rings is 1. The van der Waals surface area contributed by atoms with Crippen LogP contribution in [0.2, 0.25) is 0 Å². The molecule has 6 heteroatoms. The van der Waals surface area contributed by atoms with Crippen LogP contribution in [0.4, 0.5) is 5.69 Å². The van der Waals surface area contributed by atoms with Gasteiger partial charge in [-0.3, -0.25) is 0 Å². The van der Waals surface area contributed by atoms with Gasteiger partial charge in [-0.1, -0.05) is 6.07 Å². The molecule has 2 heterocycles. The van der Waals surface area contributed by atoms with E-state index in [-0.39, 0.29) is 0 Å². The zero-order chi connectivity index (χ0) is 12.2. The number of rotatable bonds is 4. The van der Waals surface area contributed by atoms with E-state index in [9.17, 15) is 0 Å². The van der Waals surface area contributed by atoms with E-state index in [0.29, 0.717) is 12.4 Å². The van der Waals surface area contributed by atoms with E-state index in [1.54, 1.807) is 17.5 Å². The highest BCUT2D eigenvalue weighted by Gasteiger charge is 2.04. The molecule has 1 aromatic carbocycles. The highest BCUT2D eigenvalue weighted by atomic mass is 32.1. The topological polar surface area (TPSA) is 63.8 Å². The lowest BCUT2D eigenvalue weighted by atomic mass is 10.2. The van der Waals surface area contributed by atoms with Gasteiger partial charge in [0.1, 0.15) is 5.01 Å². The molecule has 0 atom stereocenters. The Morgan fingerprint density at radius 3 is 3.11 bits per heavy atom. The van der Waals surface area contributed by atoms with Crippen LogP contribution in [-0.4, -0.2) is 15.2 Å². The molecule has 0 saturated heterocycles. The van der Waals surface area contributed by atoms with Crippen LogP contribution >= 0.6 is 11.3 Å². The first kappa shape index (κ1) is 10.9. The molecule has 0 spiro atoms. The largest absolute Gasteiger partial charge is 0.423 e. The van der Waals surface area contributed by atoms with Crippen LogP contribution in [0.15, 0.2) is 46.7 Å². The Labute approximate surface area is 108 Å². The molecule has 0 saturated carbocycles. The first-order valence-electron chi connectivity index (χ1n) is 5.41. The van der Waals surface area contributed by atoms with Crippen LogP contribution in [0.1, 0.15) is 5.01 Å². The van der Waals surface area contributed by atoms with E-state index in [4.69, 9.17) is 4.42 Å². The molecule has 0 aliphatic carbocycles. The molecule has 0 fully saturated rings. The third-order valence-corrected chi connectivity index (χ3v) is 3.18. The molecule has 1 N–H and O–H groups in total. The molecule has 0 radical (unpaired) electrons. The lowest BCUT2D eigenvalue weighted by molar-refractivity contribution is 0.568. The maximum Gasteiger partial charge on any atom is 0.247 e. The summed E-state index contributed by atoms with van der Waals surface area (Å²) in [7, 11) is 0. The van der Waals surface area contributed by atoms with Crippen molar-refractivity contribution in [2.24, 2.45) is 0 Å². The Morgan fingerprint density at radius 1 is 1.33 bits per heavy atom. The molecule has 5 nitrogen and oxygen atoms in total. The van der Waals surface area contributed by atoms with Gasteiger partial charge in [0.15, 0.2) is 0 Å². The monoisotopic (exact) mass is 258 g/mol. The summed E-state index contributed by atoms with van der Waals surface area (Å²) < 4.78 is 5.16. The van der Waals surface area contributed by atoms with Crippen molar-refractivity contribution in [2.75, 3.05) is 5.32 Å². The predicted octanol–water partition coefficient (Wildman–Crippen LogP) is 2.81. The Morgan fingerprint density at radius 2 is 2.33 bits per heavy atom. The second-order valence-corrected chi connectivity index (χ2v) is 4.58. The zero-order valence-corrected chi connectivity index (χ0v) is 10.2. The summed E-state index contributed by atoms with van der Waals surface area (Å²) in [6.45, 7) is 0.713. The summed E-state index contributed by atoms with van der Waals surface area (Å²) >= 11 is 1.63. The molecule has 0 bridgehead atoms. The van der Waals surface area contributed by atoms with E-state index >= 15 is 0 Å². The highest BCUT2D eigenvalue weighted by molar-refractivity contribution is 7.09. The smallest absolute Gasteiger partial charge is 0.247 e. The molecule has 0 amide bonds. The summed E-state index contributed by atoms with van der Waals surface area (Å²) in [4.78, 5) is 4.22.